The average molecular weight is 485 g/mol. The normalized spacial score (nSPS) is 21.7. The van der Waals surface area contributed by atoms with E-state index < -0.39 is 36.0 Å². The molecule has 2 N–H and O–H groups in total. The fourth-order valence-electron chi connectivity index (χ4n) is 4.26. The number of carbonyl (C=O) groups is 4. The Labute approximate surface area is 202 Å². The van der Waals surface area contributed by atoms with Crippen molar-refractivity contribution in [3.63, 3.8) is 0 Å². The fourth-order valence-corrected chi connectivity index (χ4v) is 4.26. The van der Waals surface area contributed by atoms with Crippen LogP contribution in [-0.4, -0.2) is 46.1 Å². The molecule has 0 unspecified atom stereocenters. The highest BCUT2D eigenvalue weighted by Gasteiger charge is 2.52. The molecule has 1 saturated heterocycles. The molecule has 2 fully saturated rings. The summed E-state index contributed by atoms with van der Waals surface area (Å²) in [6, 6.07) is 5.63. The van der Waals surface area contributed by atoms with Crippen molar-refractivity contribution in [1.29, 1.82) is 0 Å². The van der Waals surface area contributed by atoms with Crippen LogP contribution in [0.5, 0.6) is 5.75 Å². The number of hydrogen-bond acceptors (Lipinski definition) is 8. The van der Waals surface area contributed by atoms with Gasteiger partial charge in [0.2, 0.25) is 0 Å². The molecule has 186 valence electrons. The summed E-state index contributed by atoms with van der Waals surface area (Å²) in [7, 11) is 0. The van der Waals surface area contributed by atoms with Gasteiger partial charge in [-0.1, -0.05) is 18.1 Å². The minimum absolute atomic E-state index is 0.180. The number of carbonyl (C=O) groups excluding carboxylic acids is 4. The van der Waals surface area contributed by atoms with Crippen molar-refractivity contribution in [3.8, 4) is 5.75 Å². The van der Waals surface area contributed by atoms with Gasteiger partial charge in [0, 0.05) is 0 Å². The summed E-state index contributed by atoms with van der Waals surface area (Å²) in [4.78, 5) is 49.9. The van der Waals surface area contributed by atoms with Gasteiger partial charge in [-0.05, 0) is 63.6 Å². The molecule has 4 amide bonds. The first-order chi connectivity index (χ1) is 16.7. The number of nitrogens with zero attached hydrogens (tertiary/aromatic N) is 2. The summed E-state index contributed by atoms with van der Waals surface area (Å²) < 4.78 is 15.9. The van der Waals surface area contributed by atoms with E-state index in [1.165, 1.54) is 12.1 Å². The Morgan fingerprint density at radius 1 is 1.26 bits per heavy atom. The van der Waals surface area contributed by atoms with Crippen LogP contribution in [0.1, 0.15) is 60.0 Å². The largest absolute Gasteiger partial charge is 0.489 e. The molecule has 1 aliphatic heterocycles. The second-order valence-electron chi connectivity index (χ2n) is 9.07. The van der Waals surface area contributed by atoms with Gasteiger partial charge in [0.25, 0.3) is 11.8 Å². The first-order valence-electron chi connectivity index (χ1n) is 11.5. The quantitative estimate of drug-likeness (QED) is 0.451. The number of amides is 4. The fraction of sp³-hybridized carbons (Fsp3) is 0.458. The Morgan fingerprint density at radius 2 is 2.00 bits per heavy atom. The Bertz CT molecular complexity index is 1130. The van der Waals surface area contributed by atoms with Gasteiger partial charge < -0.3 is 19.3 Å². The molecule has 1 saturated carbocycles. The average Bonchev–Trinajstić information content (AvgIpc) is 3.28. The van der Waals surface area contributed by atoms with E-state index in [0.717, 1.165) is 24.1 Å². The van der Waals surface area contributed by atoms with Gasteiger partial charge in [-0.3, -0.25) is 15.0 Å². The molecule has 1 spiro atoms. The van der Waals surface area contributed by atoms with Gasteiger partial charge in [-0.25, -0.2) is 9.59 Å². The molecule has 1 aromatic carbocycles. The Hall–Kier alpha value is -3.89. The van der Waals surface area contributed by atoms with Crippen LogP contribution >= 0.6 is 0 Å². The van der Waals surface area contributed by atoms with Crippen LogP contribution in [0.3, 0.4) is 0 Å². The number of benzene rings is 1. The van der Waals surface area contributed by atoms with Crippen molar-refractivity contribution in [2.75, 3.05) is 6.61 Å². The highest BCUT2D eigenvalue weighted by molar-refractivity contribution is 6.08. The van der Waals surface area contributed by atoms with E-state index in [1.807, 2.05) is 6.92 Å². The van der Waals surface area contributed by atoms with Crippen molar-refractivity contribution >= 4 is 23.8 Å². The van der Waals surface area contributed by atoms with Gasteiger partial charge in [0.15, 0.2) is 6.61 Å². The minimum atomic E-state index is -0.975. The molecule has 11 nitrogen and oxygen atoms in total. The van der Waals surface area contributed by atoms with Crippen LogP contribution in [0.25, 0.3) is 0 Å². The summed E-state index contributed by atoms with van der Waals surface area (Å²) in [5.74, 6) is -0.481. The lowest BCUT2D eigenvalue weighted by Gasteiger charge is -2.33. The molecule has 0 radical (unpaired) electrons. The monoisotopic (exact) mass is 484 g/mol. The van der Waals surface area contributed by atoms with Gasteiger partial charge in [-0.15, -0.1) is 0 Å². The Kier molecular flexibility index (Phi) is 6.77. The molecular formula is C24H28N4O7. The number of hydrogen-bond donors (Lipinski definition) is 2. The number of urea groups is 1. The van der Waals surface area contributed by atoms with Crippen molar-refractivity contribution in [2.45, 2.75) is 58.6 Å². The number of nitrogens with one attached hydrogen (secondary N) is 2. The molecule has 1 aliphatic carbocycles. The lowest BCUT2D eigenvalue weighted by Crippen LogP contribution is -2.52. The van der Waals surface area contributed by atoms with Gasteiger partial charge in [-0.2, -0.15) is 5.01 Å². The van der Waals surface area contributed by atoms with Gasteiger partial charge in [0.1, 0.15) is 23.7 Å². The number of aryl methyl sites for hydroxylation is 2. The summed E-state index contributed by atoms with van der Waals surface area (Å²) in [6.45, 7) is 5.25. The van der Waals surface area contributed by atoms with Crippen molar-refractivity contribution in [3.05, 3.63) is 46.8 Å². The summed E-state index contributed by atoms with van der Waals surface area (Å²) in [5, 5.41) is 7.26. The van der Waals surface area contributed by atoms with Crippen LogP contribution in [0.2, 0.25) is 0 Å². The lowest BCUT2D eigenvalue weighted by molar-refractivity contribution is -0.141. The number of esters is 1. The second-order valence-corrected chi connectivity index (χ2v) is 9.07. The lowest BCUT2D eigenvalue weighted by atomic mass is 9.77. The van der Waals surface area contributed by atoms with E-state index in [4.69, 9.17) is 14.0 Å². The molecule has 0 atom stereocenters. The standard InChI is InChI=1S/C24H28N4O7/c1-14-7-9-24(10-8-14)22(31)28(23(32)25-24)26-20(29)13-34-21(30)17-5-4-6-18(11-17)33-12-19-15(2)27-35-16(19)3/h4-6,11,14H,7-10,12-13H2,1-3H3,(H,25,32)(H,26,29). The summed E-state index contributed by atoms with van der Waals surface area (Å²) in [6.07, 6.45) is 2.67. The van der Waals surface area contributed by atoms with Gasteiger partial charge >= 0.3 is 12.0 Å². The number of hydrazine groups is 1. The van der Waals surface area contributed by atoms with Crippen molar-refractivity contribution in [1.82, 2.24) is 20.9 Å². The van der Waals surface area contributed by atoms with Crippen molar-refractivity contribution < 1.29 is 33.2 Å². The van der Waals surface area contributed by atoms with E-state index in [-0.39, 0.29) is 12.2 Å². The zero-order valence-electron chi connectivity index (χ0n) is 19.9. The first kappa shape index (κ1) is 24.2. The first-order valence-corrected chi connectivity index (χ1v) is 11.5. The smallest absolute Gasteiger partial charge is 0.344 e. The molecule has 11 heteroatoms. The highest BCUT2D eigenvalue weighted by atomic mass is 16.5. The third kappa shape index (κ3) is 5.13. The number of rotatable bonds is 7. The third-order valence-corrected chi connectivity index (χ3v) is 6.49. The maximum Gasteiger partial charge on any atom is 0.344 e. The van der Waals surface area contributed by atoms with E-state index in [0.29, 0.717) is 35.3 Å². The predicted octanol–water partition coefficient (Wildman–Crippen LogP) is 2.56. The van der Waals surface area contributed by atoms with Gasteiger partial charge in [0.05, 0.1) is 16.8 Å². The molecule has 2 heterocycles. The van der Waals surface area contributed by atoms with E-state index >= 15 is 0 Å². The SMILES string of the molecule is Cc1noc(C)c1COc1cccc(C(=O)OCC(=O)NN2C(=O)NC3(CCC(C)CC3)C2=O)c1. The van der Waals surface area contributed by atoms with E-state index in [2.05, 4.69) is 22.8 Å². The van der Waals surface area contributed by atoms with Crippen LogP contribution < -0.4 is 15.5 Å². The predicted molar refractivity (Wildman–Crippen MR) is 121 cm³/mol. The maximum atomic E-state index is 12.8. The number of aromatic nitrogens is 1. The number of ether oxygens (including phenoxy) is 2. The Balaban J connectivity index is 1.29. The third-order valence-electron chi connectivity index (χ3n) is 6.49. The summed E-state index contributed by atoms with van der Waals surface area (Å²) in [5.41, 5.74) is 2.99. The van der Waals surface area contributed by atoms with Crippen molar-refractivity contribution in [2.24, 2.45) is 5.92 Å². The molecule has 1 aromatic heterocycles. The topological polar surface area (TPSA) is 140 Å². The van der Waals surface area contributed by atoms with Crippen LogP contribution in [-0.2, 0) is 20.9 Å². The molecule has 2 aliphatic rings. The second kappa shape index (κ2) is 9.77. The Morgan fingerprint density at radius 3 is 2.69 bits per heavy atom. The molecular weight excluding hydrogens is 456 g/mol. The van der Waals surface area contributed by atoms with E-state index in [1.54, 1.807) is 19.1 Å². The van der Waals surface area contributed by atoms with Crippen LogP contribution in [0, 0.1) is 19.8 Å². The zero-order valence-corrected chi connectivity index (χ0v) is 19.9. The highest BCUT2D eigenvalue weighted by Crippen LogP contribution is 2.35. The zero-order chi connectivity index (χ0) is 25.2. The van der Waals surface area contributed by atoms with E-state index in [9.17, 15) is 19.2 Å². The number of imide groups is 1. The maximum absolute atomic E-state index is 12.8. The van der Waals surface area contributed by atoms with Crippen LogP contribution in [0.15, 0.2) is 28.8 Å². The summed E-state index contributed by atoms with van der Waals surface area (Å²) >= 11 is 0. The molecule has 4 rings (SSSR count). The van der Waals surface area contributed by atoms with Crippen LogP contribution in [0.4, 0.5) is 4.79 Å². The minimum Gasteiger partial charge on any atom is -0.489 e. The molecule has 0 bridgehead atoms. The molecule has 2 aromatic rings. The molecule has 35 heavy (non-hydrogen) atoms.